The summed E-state index contributed by atoms with van der Waals surface area (Å²) < 4.78 is 44.9. The predicted octanol–water partition coefficient (Wildman–Crippen LogP) is 3.01. The number of hydrogen-bond donors (Lipinski definition) is 1. The lowest BCUT2D eigenvalue weighted by Crippen LogP contribution is -2.23. The molecule has 3 rings (SSSR count). The molecule has 124 valence electrons. The Hall–Kier alpha value is -2.29. The van der Waals surface area contributed by atoms with E-state index in [-0.39, 0.29) is 29.0 Å². The maximum atomic E-state index is 12.9. The van der Waals surface area contributed by atoms with Gasteiger partial charge in [-0.1, -0.05) is 11.6 Å². The number of nitrogens with one attached hydrogen (secondary N) is 1. The van der Waals surface area contributed by atoms with Gasteiger partial charge in [0, 0.05) is 10.6 Å². The zero-order valence-corrected chi connectivity index (χ0v) is 13.7. The quantitative estimate of drug-likeness (QED) is 0.749. The molecule has 0 bridgehead atoms. The zero-order chi connectivity index (χ0) is 17.2. The van der Waals surface area contributed by atoms with Crippen LogP contribution in [-0.4, -0.2) is 18.6 Å². The lowest BCUT2D eigenvalue weighted by atomic mass is 10.2. The van der Waals surface area contributed by atoms with Crippen molar-refractivity contribution in [1.82, 2.24) is 14.9 Å². The van der Waals surface area contributed by atoms with Crippen LogP contribution in [0.1, 0.15) is 5.89 Å². The van der Waals surface area contributed by atoms with E-state index in [1.54, 1.807) is 0 Å². The Morgan fingerprint density at radius 3 is 2.38 bits per heavy atom. The first kappa shape index (κ1) is 16.6. The molecule has 0 aliphatic rings. The fourth-order valence-corrected chi connectivity index (χ4v) is 2.99. The van der Waals surface area contributed by atoms with Gasteiger partial charge in [-0.2, -0.15) is 0 Å². The molecule has 0 amide bonds. The van der Waals surface area contributed by atoms with Crippen LogP contribution in [-0.2, 0) is 16.6 Å². The summed E-state index contributed by atoms with van der Waals surface area (Å²) >= 11 is 5.73. The van der Waals surface area contributed by atoms with Crippen molar-refractivity contribution in [2.75, 3.05) is 0 Å². The summed E-state index contributed by atoms with van der Waals surface area (Å²) in [4.78, 5) is 0.0742. The Labute approximate surface area is 142 Å². The summed E-state index contributed by atoms with van der Waals surface area (Å²) in [5, 5.41) is 8.02. The van der Waals surface area contributed by atoms with Gasteiger partial charge in [0.1, 0.15) is 5.82 Å². The van der Waals surface area contributed by atoms with Gasteiger partial charge in [0.2, 0.25) is 21.8 Å². The molecule has 0 aliphatic carbocycles. The average molecular weight is 368 g/mol. The fourth-order valence-electron chi connectivity index (χ4n) is 1.89. The predicted molar refractivity (Wildman–Crippen MR) is 85.2 cm³/mol. The number of hydrogen-bond acceptors (Lipinski definition) is 5. The highest BCUT2D eigenvalue weighted by Gasteiger charge is 2.16. The second-order valence-corrected chi connectivity index (χ2v) is 6.99. The van der Waals surface area contributed by atoms with Crippen LogP contribution >= 0.6 is 11.6 Å². The van der Waals surface area contributed by atoms with Gasteiger partial charge in [0.05, 0.1) is 11.4 Å². The van der Waals surface area contributed by atoms with E-state index < -0.39 is 10.0 Å². The van der Waals surface area contributed by atoms with E-state index in [9.17, 15) is 12.8 Å². The number of benzene rings is 2. The second kappa shape index (κ2) is 6.68. The molecule has 9 heteroatoms. The van der Waals surface area contributed by atoms with Crippen LogP contribution < -0.4 is 4.72 Å². The third kappa shape index (κ3) is 3.78. The molecule has 0 fully saturated rings. The maximum Gasteiger partial charge on any atom is 0.247 e. The minimum absolute atomic E-state index is 0.0742. The molecule has 1 N–H and O–H groups in total. The summed E-state index contributed by atoms with van der Waals surface area (Å²) in [7, 11) is -3.72. The first-order valence-electron chi connectivity index (χ1n) is 6.77. The third-order valence-electron chi connectivity index (χ3n) is 3.10. The van der Waals surface area contributed by atoms with Crippen LogP contribution in [0.25, 0.3) is 11.5 Å². The molecule has 0 atom stereocenters. The van der Waals surface area contributed by atoms with E-state index in [2.05, 4.69) is 14.9 Å². The largest absolute Gasteiger partial charge is 0.419 e. The van der Waals surface area contributed by atoms with Crippen LogP contribution in [0, 0.1) is 5.82 Å². The Bertz CT molecular complexity index is 941. The van der Waals surface area contributed by atoms with Crippen LogP contribution in [0.2, 0.25) is 5.02 Å². The maximum absolute atomic E-state index is 12.9. The summed E-state index contributed by atoms with van der Waals surface area (Å²) in [5.74, 6) is -0.114. The molecule has 6 nitrogen and oxygen atoms in total. The van der Waals surface area contributed by atoms with Gasteiger partial charge >= 0.3 is 0 Å². The van der Waals surface area contributed by atoms with E-state index in [1.807, 2.05) is 0 Å². The molecule has 0 radical (unpaired) electrons. The van der Waals surface area contributed by atoms with Gasteiger partial charge in [-0.05, 0) is 48.5 Å². The Kier molecular flexibility index (Phi) is 4.61. The molecule has 0 aliphatic heterocycles. The molecule has 2 aromatic carbocycles. The van der Waals surface area contributed by atoms with Gasteiger partial charge in [-0.3, -0.25) is 0 Å². The fraction of sp³-hybridized carbons (Fsp3) is 0.0667. The molecule has 3 aromatic rings. The smallest absolute Gasteiger partial charge is 0.247 e. The van der Waals surface area contributed by atoms with Crippen molar-refractivity contribution in [3.63, 3.8) is 0 Å². The van der Waals surface area contributed by atoms with Gasteiger partial charge in [0.25, 0.3) is 0 Å². The number of nitrogens with zero attached hydrogens (tertiary/aromatic N) is 2. The molecule has 0 saturated carbocycles. The average Bonchev–Trinajstić information content (AvgIpc) is 3.03. The van der Waals surface area contributed by atoms with Crippen molar-refractivity contribution in [3.05, 3.63) is 65.3 Å². The minimum atomic E-state index is -3.72. The Balaban J connectivity index is 1.71. The summed E-state index contributed by atoms with van der Waals surface area (Å²) in [5.41, 5.74) is 0.538. The molecule has 0 saturated heterocycles. The van der Waals surface area contributed by atoms with E-state index in [1.165, 1.54) is 48.5 Å². The topological polar surface area (TPSA) is 85.1 Å². The lowest BCUT2D eigenvalue weighted by molar-refractivity contribution is 0.494. The van der Waals surface area contributed by atoms with Crippen LogP contribution in [0.4, 0.5) is 4.39 Å². The van der Waals surface area contributed by atoms with Crippen LogP contribution in [0.3, 0.4) is 0 Å². The van der Waals surface area contributed by atoms with E-state index in [0.29, 0.717) is 10.6 Å². The highest BCUT2D eigenvalue weighted by Crippen LogP contribution is 2.18. The highest BCUT2D eigenvalue weighted by molar-refractivity contribution is 7.89. The van der Waals surface area contributed by atoms with Crippen LogP contribution in [0.5, 0.6) is 0 Å². The second-order valence-electron chi connectivity index (χ2n) is 4.79. The minimum Gasteiger partial charge on any atom is -0.419 e. The van der Waals surface area contributed by atoms with Gasteiger partial charge in [-0.25, -0.2) is 17.5 Å². The van der Waals surface area contributed by atoms with Crippen molar-refractivity contribution < 1.29 is 17.2 Å². The Morgan fingerprint density at radius 1 is 1.04 bits per heavy atom. The van der Waals surface area contributed by atoms with Crippen LogP contribution in [0.15, 0.2) is 57.8 Å². The van der Waals surface area contributed by atoms with Gasteiger partial charge in [-0.15, -0.1) is 10.2 Å². The number of halogens is 2. The van der Waals surface area contributed by atoms with Crippen molar-refractivity contribution >= 4 is 21.6 Å². The monoisotopic (exact) mass is 367 g/mol. The highest BCUT2D eigenvalue weighted by atomic mass is 35.5. The number of aromatic nitrogens is 2. The molecule has 24 heavy (non-hydrogen) atoms. The first-order valence-corrected chi connectivity index (χ1v) is 8.64. The van der Waals surface area contributed by atoms with Gasteiger partial charge < -0.3 is 4.42 Å². The van der Waals surface area contributed by atoms with E-state index in [4.69, 9.17) is 16.0 Å². The SMILES string of the molecule is O=S(=O)(NCc1nnc(-c2ccc(F)cc2)o1)c1ccc(Cl)cc1. The standard InChI is InChI=1S/C15H11ClFN3O3S/c16-11-3-7-13(8-4-11)24(21,22)18-9-14-19-20-15(23-14)10-1-5-12(17)6-2-10/h1-8,18H,9H2. The molecular weight excluding hydrogens is 357 g/mol. The summed E-state index contributed by atoms with van der Waals surface area (Å²) in [6.07, 6.45) is 0. The van der Waals surface area contributed by atoms with Crippen molar-refractivity contribution in [2.45, 2.75) is 11.4 Å². The molecule has 1 heterocycles. The summed E-state index contributed by atoms with van der Waals surface area (Å²) in [6, 6.07) is 11.3. The van der Waals surface area contributed by atoms with Crippen molar-refractivity contribution in [3.8, 4) is 11.5 Å². The molecular formula is C15H11ClFN3O3S. The molecule has 0 unspecified atom stereocenters. The molecule has 1 aromatic heterocycles. The van der Waals surface area contributed by atoms with Gasteiger partial charge in [0.15, 0.2) is 0 Å². The molecule has 0 spiro atoms. The first-order chi connectivity index (χ1) is 11.4. The van der Waals surface area contributed by atoms with Crippen molar-refractivity contribution in [2.24, 2.45) is 0 Å². The summed E-state index contributed by atoms with van der Waals surface area (Å²) in [6.45, 7) is -0.168. The van der Waals surface area contributed by atoms with E-state index >= 15 is 0 Å². The third-order valence-corrected chi connectivity index (χ3v) is 4.76. The number of rotatable bonds is 5. The Morgan fingerprint density at radius 2 is 1.71 bits per heavy atom. The van der Waals surface area contributed by atoms with Crippen molar-refractivity contribution in [1.29, 1.82) is 0 Å². The number of sulfonamides is 1. The lowest BCUT2D eigenvalue weighted by Gasteiger charge is -2.04. The zero-order valence-electron chi connectivity index (χ0n) is 12.1. The van der Waals surface area contributed by atoms with E-state index in [0.717, 1.165) is 0 Å². The normalized spacial score (nSPS) is 11.6.